The van der Waals surface area contributed by atoms with Crippen LogP contribution in [0.15, 0.2) is 53.4 Å². The summed E-state index contributed by atoms with van der Waals surface area (Å²) in [5.74, 6) is 0.261. The lowest BCUT2D eigenvalue weighted by Gasteiger charge is -2.14. The molecule has 100 valence electrons. The van der Waals surface area contributed by atoms with E-state index >= 15 is 0 Å². The Bertz CT molecular complexity index is 505. The summed E-state index contributed by atoms with van der Waals surface area (Å²) in [5, 5.41) is 18.8. The van der Waals surface area contributed by atoms with Crippen LogP contribution in [-0.2, 0) is 6.42 Å². The van der Waals surface area contributed by atoms with Gasteiger partial charge in [0.1, 0.15) is 5.75 Å². The number of aliphatic hydroxyl groups is 1. The summed E-state index contributed by atoms with van der Waals surface area (Å²) in [7, 11) is 0. The van der Waals surface area contributed by atoms with Crippen molar-refractivity contribution in [2.75, 3.05) is 6.61 Å². The van der Waals surface area contributed by atoms with Crippen molar-refractivity contribution in [1.29, 1.82) is 0 Å². The third kappa shape index (κ3) is 3.75. The highest BCUT2D eigenvalue weighted by molar-refractivity contribution is 7.99. The maximum Gasteiger partial charge on any atom is 0.115 e. The van der Waals surface area contributed by atoms with Gasteiger partial charge in [0.25, 0.3) is 0 Å². The van der Waals surface area contributed by atoms with Gasteiger partial charge < -0.3 is 10.2 Å². The molecular weight excluding hydrogens is 256 g/mol. The molecule has 0 amide bonds. The van der Waals surface area contributed by atoms with E-state index in [0.717, 1.165) is 16.9 Å². The van der Waals surface area contributed by atoms with Gasteiger partial charge in [-0.15, -0.1) is 11.8 Å². The van der Waals surface area contributed by atoms with Crippen LogP contribution in [0.4, 0.5) is 0 Å². The number of phenols is 1. The van der Waals surface area contributed by atoms with Crippen LogP contribution in [-0.4, -0.2) is 16.8 Å². The maximum atomic E-state index is 9.55. The van der Waals surface area contributed by atoms with Gasteiger partial charge in [-0.3, -0.25) is 0 Å². The van der Waals surface area contributed by atoms with Crippen molar-refractivity contribution in [3.63, 3.8) is 0 Å². The Balaban J connectivity index is 2.12. The minimum absolute atomic E-state index is 0.0236. The van der Waals surface area contributed by atoms with Gasteiger partial charge in [-0.05, 0) is 41.8 Å². The third-order valence-electron chi connectivity index (χ3n) is 3.04. The molecule has 1 atom stereocenters. The highest BCUT2D eigenvalue weighted by Crippen LogP contribution is 2.35. The second-order valence-corrected chi connectivity index (χ2v) is 5.65. The molecule has 2 aromatic carbocycles. The molecule has 0 aliphatic rings. The molecule has 1 unspecified atom stereocenters. The van der Waals surface area contributed by atoms with Crippen molar-refractivity contribution in [3.8, 4) is 5.75 Å². The molecule has 0 aliphatic carbocycles. The number of thioether (sulfide) groups is 1. The standard InChI is InChI=1S/C16H18O2S/c1-2-12-3-5-13(6-4-12)16(11-17)19-15-9-7-14(18)8-10-15/h3-10,16-18H,2,11H2,1H3. The van der Waals surface area contributed by atoms with E-state index in [4.69, 9.17) is 0 Å². The predicted molar refractivity (Wildman–Crippen MR) is 79.6 cm³/mol. The van der Waals surface area contributed by atoms with E-state index in [1.807, 2.05) is 12.1 Å². The molecule has 0 fully saturated rings. The number of hydrogen-bond acceptors (Lipinski definition) is 3. The van der Waals surface area contributed by atoms with Gasteiger partial charge in [0, 0.05) is 4.90 Å². The van der Waals surface area contributed by atoms with Crippen LogP contribution in [0, 0.1) is 0 Å². The molecule has 0 spiro atoms. The van der Waals surface area contributed by atoms with E-state index in [9.17, 15) is 10.2 Å². The average Bonchev–Trinajstić information content (AvgIpc) is 2.47. The molecule has 2 rings (SSSR count). The summed E-state index contributed by atoms with van der Waals surface area (Å²) in [6.45, 7) is 2.22. The van der Waals surface area contributed by atoms with Crippen LogP contribution in [0.3, 0.4) is 0 Å². The van der Waals surface area contributed by atoms with Gasteiger partial charge in [0.2, 0.25) is 0 Å². The fraction of sp³-hybridized carbons (Fsp3) is 0.250. The molecule has 2 nitrogen and oxygen atoms in total. The van der Waals surface area contributed by atoms with Crippen molar-refractivity contribution >= 4 is 11.8 Å². The van der Waals surface area contributed by atoms with Crippen LogP contribution in [0.25, 0.3) is 0 Å². The molecule has 2 N–H and O–H groups in total. The molecule has 2 aromatic rings. The second-order valence-electron chi connectivity index (χ2n) is 4.38. The van der Waals surface area contributed by atoms with E-state index in [1.165, 1.54) is 5.56 Å². The summed E-state index contributed by atoms with van der Waals surface area (Å²) in [5.41, 5.74) is 2.42. The summed E-state index contributed by atoms with van der Waals surface area (Å²) in [4.78, 5) is 1.04. The third-order valence-corrected chi connectivity index (χ3v) is 4.29. The largest absolute Gasteiger partial charge is 0.508 e. The Kier molecular flexibility index (Phi) is 4.88. The fourth-order valence-electron chi connectivity index (χ4n) is 1.87. The molecule has 19 heavy (non-hydrogen) atoms. The van der Waals surface area contributed by atoms with E-state index in [0.29, 0.717) is 0 Å². The number of phenolic OH excluding ortho intramolecular Hbond substituents is 1. The Labute approximate surface area is 118 Å². The zero-order chi connectivity index (χ0) is 13.7. The lowest BCUT2D eigenvalue weighted by Crippen LogP contribution is -1.99. The molecule has 0 saturated heterocycles. The summed E-state index contributed by atoms with van der Waals surface area (Å²) < 4.78 is 0. The van der Waals surface area contributed by atoms with Gasteiger partial charge in [-0.2, -0.15) is 0 Å². The molecular formula is C16H18O2S. The Morgan fingerprint density at radius 1 is 1.00 bits per heavy atom. The predicted octanol–water partition coefficient (Wildman–Crippen LogP) is 3.78. The number of hydrogen-bond donors (Lipinski definition) is 2. The highest BCUT2D eigenvalue weighted by atomic mass is 32.2. The van der Waals surface area contributed by atoms with Crippen molar-refractivity contribution in [2.24, 2.45) is 0 Å². The Morgan fingerprint density at radius 2 is 1.63 bits per heavy atom. The van der Waals surface area contributed by atoms with Crippen LogP contribution >= 0.6 is 11.8 Å². The van der Waals surface area contributed by atoms with Gasteiger partial charge in [-0.1, -0.05) is 31.2 Å². The zero-order valence-electron chi connectivity index (χ0n) is 10.9. The highest BCUT2D eigenvalue weighted by Gasteiger charge is 2.12. The number of aliphatic hydroxyl groups excluding tert-OH is 1. The molecule has 0 radical (unpaired) electrons. The smallest absolute Gasteiger partial charge is 0.115 e. The SMILES string of the molecule is CCc1ccc(C(CO)Sc2ccc(O)cc2)cc1. The van der Waals surface area contributed by atoms with Crippen LogP contribution in [0.1, 0.15) is 23.3 Å². The van der Waals surface area contributed by atoms with Gasteiger partial charge in [0.05, 0.1) is 11.9 Å². The zero-order valence-corrected chi connectivity index (χ0v) is 11.7. The summed E-state index contributed by atoms with van der Waals surface area (Å²) in [6, 6.07) is 15.4. The minimum Gasteiger partial charge on any atom is -0.508 e. The second kappa shape index (κ2) is 6.64. The first-order chi connectivity index (χ1) is 9.22. The number of aromatic hydroxyl groups is 1. The van der Waals surface area contributed by atoms with Crippen LogP contribution < -0.4 is 0 Å². The number of benzene rings is 2. The molecule has 3 heteroatoms. The molecule has 0 bridgehead atoms. The van der Waals surface area contributed by atoms with Crippen molar-refractivity contribution in [2.45, 2.75) is 23.5 Å². The van der Waals surface area contributed by atoms with Gasteiger partial charge in [-0.25, -0.2) is 0 Å². The summed E-state index contributed by atoms with van der Waals surface area (Å²) in [6.07, 6.45) is 1.02. The monoisotopic (exact) mass is 274 g/mol. The summed E-state index contributed by atoms with van der Waals surface area (Å²) >= 11 is 1.60. The first kappa shape index (κ1) is 14.0. The molecule has 0 heterocycles. The van der Waals surface area contributed by atoms with Crippen LogP contribution in [0.5, 0.6) is 5.75 Å². The van der Waals surface area contributed by atoms with Crippen LogP contribution in [0.2, 0.25) is 0 Å². The Hall–Kier alpha value is -1.45. The van der Waals surface area contributed by atoms with Crippen molar-refractivity contribution in [1.82, 2.24) is 0 Å². The normalized spacial score (nSPS) is 12.3. The lowest BCUT2D eigenvalue weighted by atomic mass is 10.1. The quantitative estimate of drug-likeness (QED) is 0.815. The first-order valence-electron chi connectivity index (χ1n) is 6.38. The number of rotatable bonds is 5. The van der Waals surface area contributed by atoms with Gasteiger partial charge in [0.15, 0.2) is 0 Å². The average molecular weight is 274 g/mol. The van der Waals surface area contributed by atoms with Crippen molar-refractivity contribution < 1.29 is 10.2 Å². The number of aryl methyl sites for hydroxylation is 1. The Morgan fingerprint density at radius 3 is 2.16 bits per heavy atom. The van der Waals surface area contributed by atoms with E-state index in [1.54, 1.807) is 23.9 Å². The minimum atomic E-state index is 0.0236. The topological polar surface area (TPSA) is 40.5 Å². The van der Waals surface area contributed by atoms with E-state index < -0.39 is 0 Å². The van der Waals surface area contributed by atoms with E-state index in [2.05, 4.69) is 31.2 Å². The van der Waals surface area contributed by atoms with E-state index in [-0.39, 0.29) is 17.6 Å². The fourth-order valence-corrected chi connectivity index (χ4v) is 2.86. The lowest BCUT2D eigenvalue weighted by molar-refractivity contribution is 0.296. The molecule has 0 aliphatic heterocycles. The van der Waals surface area contributed by atoms with Gasteiger partial charge >= 0.3 is 0 Å². The first-order valence-corrected chi connectivity index (χ1v) is 7.26. The molecule has 0 aromatic heterocycles. The maximum absolute atomic E-state index is 9.55. The molecule has 0 saturated carbocycles. The van der Waals surface area contributed by atoms with Crippen molar-refractivity contribution in [3.05, 3.63) is 59.7 Å².